The number of fused-ring (bicyclic) bond motifs is 1. The van der Waals surface area contributed by atoms with Crippen molar-refractivity contribution in [1.82, 2.24) is 5.32 Å². The molecule has 3 nitrogen and oxygen atoms in total. The van der Waals surface area contributed by atoms with Gasteiger partial charge in [0.25, 0.3) is 0 Å². The van der Waals surface area contributed by atoms with Gasteiger partial charge in [0.1, 0.15) is 0 Å². The Bertz CT molecular complexity index is 968. The lowest BCUT2D eigenvalue weighted by Gasteiger charge is -2.22. The molecule has 2 N–H and O–H groups in total. The summed E-state index contributed by atoms with van der Waals surface area (Å²) in [4.78, 5) is 12.9. The third-order valence-corrected chi connectivity index (χ3v) is 5.86. The molecule has 4 rings (SSSR count). The number of carbonyl (C=O) groups is 1. The summed E-state index contributed by atoms with van der Waals surface area (Å²) in [6.07, 6.45) is 13.0. The summed E-state index contributed by atoms with van der Waals surface area (Å²) in [5.74, 6) is -0.000394. The minimum atomic E-state index is -0.212. The van der Waals surface area contributed by atoms with E-state index in [0.29, 0.717) is 0 Å². The average Bonchev–Trinajstić information content (AvgIpc) is 2.88. The summed E-state index contributed by atoms with van der Waals surface area (Å²) in [6, 6.07) is 8.23. The summed E-state index contributed by atoms with van der Waals surface area (Å²) in [5, 5.41) is 6.87. The Hall–Kier alpha value is -2.81. The van der Waals surface area contributed by atoms with Crippen molar-refractivity contribution in [3.05, 3.63) is 88.9 Å². The molecule has 138 valence electrons. The number of anilines is 1. The number of hydrogen-bond donors (Lipinski definition) is 2. The number of hydrogen-bond acceptors (Lipinski definition) is 3. The monoisotopic (exact) mass is 358 g/mol. The van der Waals surface area contributed by atoms with Gasteiger partial charge in [-0.05, 0) is 29.7 Å². The first-order valence-corrected chi connectivity index (χ1v) is 9.50. The molecule has 27 heavy (non-hydrogen) atoms. The Kier molecular flexibility index (Phi) is 3.99. The van der Waals surface area contributed by atoms with E-state index in [1.54, 1.807) is 12.2 Å². The minimum Gasteiger partial charge on any atom is -0.358 e. The van der Waals surface area contributed by atoms with Gasteiger partial charge < -0.3 is 10.6 Å². The number of rotatable bonds is 2. The Labute approximate surface area is 161 Å². The molecule has 0 bridgehead atoms. The van der Waals surface area contributed by atoms with E-state index < -0.39 is 0 Å². The standard InChI is InChI=1S/C24H26N2O/c1-23(2)17-10-6-5-7-12-19(17)25-21(23)14-16(27)15-22-24(3,4)18-11-8-9-13-20(18)26-22/h6-15,25-26H,5H2,1-4H3/b21-14+,22-15+. The molecule has 3 heteroatoms. The van der Waals surface area contributed by atoms with Crippen molar-refractivity contribution in [2.45, 2.75) is 39.5 Å². The van der Waals surface area contributed by atoms with E-state index in [9.17, 15) is 4.79 Å². The largest absolute Gasteiger partial charge is 0.358 e. The molecule has 3 aliphatic rings. The van der Waals surface area contributed by atoms with Crippen LogP contribution < -0.4 is 10.6 Å². The minimum absolute atomic E-state index is 0.000394. The van der Waals surface area contributed by atoms with Crippen LogP contribution >= 0.6 is 0 Å². The summed E-state index contributed by atoms with van der Waals surface area (Å²) in [7, 11) is 0. The number of benzene rings is 1. The highest BCUT2D eigenvalue weighted by atomic mass is 16.1. The first-order chi connectivity index (χ1) is 12.8. The van der Waals surface area contributed by atoms with Gasteiger partial charge in [-0.1, -0.05) is 64.1 Å². The number of allylic oxidation sites excluding steroid dienone is 8. The zero-order chi connectivity index (χ0) is 19.2. The van der Waals surface area contributed by atoms with E-state index in [4.69, 9.17) is 0 Å². The molecule has 1 aromatic rings. The van der Waals surface area contributed by atoms with Crippen LogP contribution in [-0.4, -0.2) is 5.78 Å². The molecule has 0 aromatic heterocycles. The number of ketones is 1. The quantitative estimate of drug-likeness (QED) is 0.721. The summed E-state index contributed by atoms with van der Waals surface area (Å²) in [5.41, 5.74) is 6.09. The predicted molar refractivity (Wildman–Crippen MR) is 111 cm³/mol. The van der Waals surface area contributed by atoms with Crippen molar-refractivity contribution in [3.63, 3.8) is 0 Å². The molecule has 2 heterocycles. The third kappa shape index (κ3) is 2.87. The Balaban J connectivity index is 1.62. The van der Waals surface area contributed by atoms with Crippen LogP contribution in [0.5, 0.6) is 0 Å². The molecule has 1 aliphatic carbocycles. The highest BCUT2D eigenvalue weighted by molar-refractivity contribution is 6.01. The number of para-hydroxylation sites is 1. The normalized spacial score (nSPS) is 24.4. The van der Waals surface area contributed by atoms with Crippen LogP contribution in [-0.2, 0) is 10.2 Å². The maximum atomic E-state index is 12.9. The van der Waals surface area contributed by atoms with Crippen LogP contribution in [0.4, 0.5) is 5.69 Å². The summed E-state index contributed by atoms with van der Waals surface area (Å²) >= 11 is 0. The van der Waals surface area contributed by atoms with Crippen molar-refractivity contribution in [2.75, 3.05) is 5.32 Å². The highest BCUT2D eigenvalue weighted by Gasteiger charge is 2.37. The van der Waals surface area contributed by atoms with Gasteiger partial charge in [0.05, 0.1) is 0 Å². The molecular weight excluding hydrogens is 332 g/mol. The molecule has 0 fully saturated rings. The smallest absolute Gasteiger partial charge is 0.182 e. The molecule has 1 aromatic carbocycles. The second-order valence-corrected chi connectivity index (χ2v) is 8.43. The number of nitrogens with one attached hydrogen (secondary N) is 2. The summed E-state index contributed by atoms with van der Waals surface area (Å²) in [6.45, 7) is 8.61. The second-order valence-electron chi connectivity index (χ2n) is 8.43. The van der Waals surface area contributed by atoms with Crippen LogP contribution in [0.1, 0.15) is 39.7 Å². The average molecular weight is 358 g/mol. The lowest BCUT2D eigenvalue weighted by atomic mass is 9.81. The second kappa shape index (κ2) is 6.12. The van der Waals surface area contributed by atoms with E-state index in [2.05, 4.69) is 74.8 Å². The summed E-state index contributed by atoms with van der Waals surface area (Å²) < 4.78 is 0. The SMILES string of the molecule is CC1(C)C2=C(C=CCC=C2)N/C1=C/C(=O)/C=C1/Nc2ccccc2C1(C)C. The van der Waals surface area contributed by atoms with Crippen molar-refractivity contribution < 1.29 is 4.79 Å². The fourth-order valence-corrected chi connectivity index (χ4v) is 4.07. The van der Waals surface area contributed by atoms with Crippen molar-refractivity contribution in [2.24, 2.45) is 5.41 Å². The maximum absolute atomic E-state index is 12.9. The van der Waals surface area contributed by atoms with Crippen LogP contribution in [0.15, 0.2) is 83.4 Å². The first kappa shape index (κ1) is 17.6. The Morgan fingerprint density at radius 2 is 1.59 bits per heavy atom. The van der Waals surface area contributed by atoms with Crippen LogP contribution in [0.25, 0.3) is 0 Å². The third-order valence-electron chi connectivity index (χ3n) is 5.86. The fourth-order valence-electron chi connectivity index (χ4n) is 4.07. The Morgan fingerprint density at radius 3 is 2.33 bits per heavy atom. The zero-order valence-electron chi connectivity index (χ0n) is 16.4. The van der Waals surface area contributed by atoms with Gasteiger partial charge in [-0.15, -0.1) is 0 Å². The maximum Gasteiger partial charge on any atom is 0.182 e. The van der Waals surface area contributed by atoms with E-state index in [-0.39, 0.29) is 16.6 Å². The van der Waals surface area contributed by atoms with Crippen LogP contribution in [0.3, 0.4) is 0 Å². The van der Waals surface area contributed by atoms with E-state index >= 15 is 0 Å². The highest BCUT2D eigenvalue weighted by Crippen LogP contribution is 2.44. The lowest BCUT2D eigenvalue weighted by Crippen LogP contribution is -2.20. The molecule has 0 spiro atoms. The molecule has 0 radical (unpaired) electrons. The van der Waals surface area contributed by atoms with Crippen LogP contribution in [0.2, 0.25) is 0 Å². The molecular formula is C24H26N2O. The molecule has 0 atom stereocenters. The lowest BCUT2D eigenvalue weighted by molar-refractivity contribution is -0.110. The fraction of sp³-hybridized carbons (Fsp3) is 0.292. The van der Waals surface area contributed by atoms with Gasteiger partial charge in [0.2, 0.25) is 0 Å². The first-order valence-electron chi connectivity index (χ1n) is 9.50. The van der Waals surface area contributed by atoms with Gasteiger partial charge in [-0.3, -0.25) is 4.79 Å². The zero-order valence-corrected chi connectivity index (χ0v) is 16.4. The molecule has 0 amide bonds. The molecule has 0 saturated heterocycles. The molecule has 0 unspecified atom stereocenters. The topological polar surface area (TPSA) is 41.1 Å². The molecule has 2 aliphatic heterocycles. The van der Waals surface area contributed by atoms with Crippen molar-refractivity contribution in [3.8, 4) is 0 Å². The van der Waals surface area contributed by atoms with E-state index in [1.807, 2.05) is 12.1 Å². The van der Waals surface area contributed by atoms with E-state index in [1.165, 1.54) is 11.1 Å². The van der Waals surface area contributed by atoms with Gasteiger partial charge in [-0.25, -0.2) is 0 Å². The van der Waals surface area contributed by atoms with Crippen molar-refractivity contribution >= 4 is 11.5 Å². The van der Waals surface area contributed by atoms with Crippen LogP contribution in [0, 0.1) is 5.41 Å². The number of carbonyl (C=O) groups excluding carboxylic acids is 1. The molecule has 0 saturated carbocycles. The predicted octanol–water partition coefficient (Wildman–Crippen LogP) is 5.13. The van der Waals surface area contributed by atoms with Gasteiger partial charge >= 0.3 is 0 Å². The van der Waals surface area contributed by atoms with Gasteiger partial charge in [-0.2, -0.15) is 0 Å². The van der Waals surface area contributed by atoms with E-state index in [0.717, 1.165) is 29.2 Å². The van der Waals surface area contributed by atoms with Gasteiger partial charge in [0.15, 0.2) is 5.78 Å². The van der Waals surface area contributed by atoms with Crippen molar-refractivity contribution in [1.29, 1.82) is 0 Å². The van der Waals surface area contributed by atoms with Gasteiger partial charge in [0, 0.05) is 45.8 Å². The Morgan fingerprint density at radius 1 is 0.926 bits per heavy atom.